The number of hydrogen-bond donors (Lipinski definition) is 1. The van der Waals surface area contributed by atoms with Crippen molar-refractivity contribution < 1.29 is 4.79 Å². The number of piperazine rings is 1. The van der Waals surface area contributed by atoms with E-state index in [1.165, 1.54) is 22.4 Å². The van der Waals surface area contributed by atoms with Crippen molar-refractivity contribution in [2.45, 2.75) is 19.4 Å². The van der Waals surface area contributed by atoms with Crippen LogP contribution >= 0.6 is 0 Å². The third-order valence-corrected chi connectivity index (χ3v) is 6.36. The summed E-state index contributed by atoms with van der Waals surface area (Å²) in [6.45, 7) is 7.94. The Morgan fingerprint density at radius 1 is 1.00 bits per heavy atom. The molecule has 29 heavy (non-hydrogen) atoms. The van der Waals surface area contributed by atoms with E-state index >= 15 is 0 Å². The summed E-state index contributed by atoms with van der Waals surface area (Å²) in [7, 11) is 4.34. The minimum Gasteiger partial charge on any atom is -0.374 e. The van der Waals surface area contributed by atoms with Crippen LogP contribution in [0.5, 0.6) is 0 Å². The summed E-state index contributed by atoms with van der Waals surface area (Å²) in [6, 6.07) is 14.9. The molecule has 0 spiro atoms. The minimum absolute atomic E-state index is 0.00465. The van der Waals surface area contributed by atoms with Gasteiger partial charge in [-0.3, -0.25) is 9.69 Å². The van der Waals surface area contributed by atoms with E-state index in [1.54, 1.807) is 0 Å². The van der Waals surface area contributed by atoms with Crippen molar-refractivity contribution in [3.63, 3.8) is 0 Å². The highest BCUT2D eigenvalue weighted by molar-refractivity contribution is 5.94. The van der Waals surface area contributed by atoms with Gasteiger partial charge in [0.25, 0.3) is 5.91 Å². The zero-order valence-electron chi connectivity index (χ0n) is 17.8. The van der Waals surface area contributed by atoms with E-state index < -0.39 is 0 Å². The summed E-state index contributed by atoms with van der Waals surface area (Å²) >= 11 is 0. The molecule has 1 amide bonds. The lowest BCUT2D eigenvalue weighted by Gasteiger charge is -2.38. The Morgan fingerprint density at radius 2 is 1.72 bits per heavy atom. The first kappa shape index (κ1) is 19.9. The number of carbonyl (C=O) groups excluding carboxylic acids is 1. The summed E-state index contributed by atoms with van der Waals surface area (Å²) in [5, 5.41) is 3.20. The van der Waals surface area contributed by atoms with Gasteiger partial charge >= 0.3 is 0 Å². The lowest BCUT2D eigenvalue weighted by atomic mass is 10.00. The van der Waals surface area contributed by atoms with Gasteiger partial charge in [-0.15, -0.1) is 0 Å². The number of fused-ring (bicyclic) bond motifs is 1. The predicted molar refractivity (Wildman–Crippen MR) is 119 cm³/mol. The molecule has 2 heterocycles. The van der Waals surface area contributed by atoms with Crippen molar-refractivity contribution in [3.8, 4) is 0 Å². The molecular formula is C24H32N4O. The van der Waals surface area contributed by atoms with Crippen molar-refractivity contribution in [3.05, 3.63) is 64.7 Å². The maximum absolute atomic E-state index is 12.7. The summed E-state index contributed by atoms with van der Waals surface area (Å²) in [4.78, 5) is 19.9. The molecule has 1 unspecified atom stereocenters. The van der Waals surface area contributed by atoms with Crippen molar-refractivity contribution in [2.75, 3.05) is 58.3 Å². The van der Waals surface area contributed by atoms with Crippen LogP contribution in [0.3, 0.4) is 0 Å². The third kappa shape index (κ3) is 4.46. The van der Waals surface area contributed by atoms with Crippen LogP contribution in [0.25, 0.3) is 0 Å². The minimum atomic E-state index is 0.00465. The van der Waals surface area contributed by atoms with E-state index in [0.29, 0.717) is 6.54 Å². The molecule has 1 fully saturated rings. The number of nitrogens with one attached hydrogen (secondary N) is 1. The molecule has 4 rings (SSSR count). The first-order valence-corrected chi connectivity index (χ1v) is 10.6. The van der Waals surface area contributed by atoms with Gasteiger partial charge in [0, 0.05) is 57.6 Å². The highest BCUT2D eigenvalue weighted by atomic mass is 16.1. The summed E-state index contributed by atoms with van der Waals surface area (Å²) in [5.74, 6) is 0.00465. The van der Waals surface area contributed by atoms with Crippen LogP contribution in [0.2, 0.25) is 0 Å². The summed E-state index contributed by atoms with van der Waals surface area (Å²) in [6.07, 6.45) is 1.10. The highest BCUT2D eigenvalue weighted by Crippen LogP contribution is 2.31. The number of nitrogens with zero attached hydrogens (tertiary/aromatic N) is 3. The largest absolute Gasteiger partial charge is 0.374 e. The zero-order chi connectivity index (χ0) is 20.4. The van der Waals surface area contributed by atoms with Gasteiger partial charge in [-0.1, -0.05) is 29.8 Å². The van der Waals surface area contributed by atoms with Gasteiger partial charge in [-0.2, -0.15) is 0 Å². The topological polar surface area (TPSA) is 38.8 Å². The van der Waals surface area contributed by atoms with Gasteiger partial charge in [0.15, 0.2) is 0 Å². The molecular weight excluding hydrogens is 360 g/mol. The fourth-order valence-electron chi connectivity index (χ4n) is 4.38. The van der Waals surface area contributed by atoms with Crippen LogP contribution in [0, 0.1) is 6.92 Å². The van der Waals surface area contributed by atoms with Gasteiger partial charge in [0.2, 0.25) is 0 Å². The molecule has 2 aliphatic rings. The van der Waals surface area contributed by atoms with Gasteiger partial charge in [0.05, 0.1) is 6.04 Å². The normalized spacial score (nSPS) is 18.5. The number of carbonyl (C=O) groups is 1. The Morgan fingerprint density at radius 3 is 2.45 bits per heavy atom. The van der Waals surface area contributed by atoms with Crippen LogP contribution in [-0.4, -0.2) is 69.1 Å². The molecule has 5 nitrogen and oxygen atoms in total. The molecule has 1 N–H and O–H groups in total. The molecule has 0 aromatic heterocycles. The van der Waals surface area contributed by atoms with Crippen molar-refractivity contribution in [2.24, 2.45) is 0 Å². The second-order valence-electron chi connectivity index (χ2n) is 8.49. The van der Waals surface area contributed by atoms with E-state index in [4.69, 9.17) is 0 Å². The van der Waals surface area contributed by atoms with Crippen molar-refractivity contribution in [1.29, 1.82) is 0 Å². The Hall–Kier alpha value is -2.37. The number of hydrogen-bond acceptors (Lipinski definition) is 4. The molecule has 0 radical (unpaired) electrons. The van der Waals surface area contributed by atoms with Crippen LogP contribution < -0.4 is 10.2 Å². The Labute approximate surface area is 174 Å². The number of anilines is 1. The van der Waals surface area contributed by atoms with E-state index in [0.717, 1.165) is 44.7 Å². The maximum atomic E-state index is 12.7. The van der Waals surface area contributed by atoms with Crippen LogP contribution in [0.1, 0.15) is 33.1 Å². The summed E-state index contributed by atoms with van der Waals surface area (Å²) in [5.41, 5.74) is 5.97. The van der Waals surface area contributed by atoms with Gasteiger partial charge in [-0.05, 0) is 49.7 Å². The smallest absolute Gasteiger partial charge is 0.251 e. The zero-order valence-corrected chi connectivity index (χ0v) is 17.8. The fraction of sp³-hybridized carbons (Fsp3) is 0.458. The number of benzene rings is 2. The quantitative estimate of drug-likeness (QED) is 0.849. The highest BCUT2D eigenvalue weighted by Gasteiger charge is 2.26. The molecule has 1 saturated heterocycles. The lowest BCUT2D eigenvalue weighted by molar-refractivity contribution is 0.0886. The number of rotatable bonds is 5. The summed E-state index contributed by atoms with van der Waals surface area (Å²) < 4.78 is 0. The first-order valence-electron chi connectivity index (χ1n) is 10.6. The average Bonchev–Trinajstić information content (AvgIpc) is 3.10. The Bertz CT molecular complexity index is 856. The standard InChI is InChI=1S/C24H32N4O/c1-18-4-6-19(7-5-18)24(29)25-17-23(28-14-12-26(2)13-15-28)20-8-9-22-21(16-20)10-11-27(22)3/h4-9,16,23H,10-15,17H2,1-3H3,(H,25,29). The molecule has 154 valence electrons. The molecule has 0 aliphatic carbocycles. The maximum Gasteiger partial charge on any atom is 0.251 e. The van der Waals surface area contributed by atoms with Crippen molar-refractivity contribution in [1.82, 2.24) is 15.1 Å². The molecule has 2 aromatic carbocycles. The second kappa shape index (κ2) is 8.56. The van der Waals surface area contributed by atoms with Crippen LogP contribution in [0.15, 0.2) is 42.5 Å². The molecule has 2 aliphatic heterocycles. The number of aryl methyl sites for hydroxylation is 1. The van der Waals surface area contributed by atoms with Gasteiger partial charge in [0.1, 0.15) is 0 Å². The average molecular weight is 393 g/mol. The SMILES string of the molecule is Cc1ccc(C(=O)NCC(c2ccc3c(c2)CCN3C)N2CCN(C)CC2)cc1. The van der Waals surface area contributed by atoms with E-state index in [9.17, 15) is 4.79 Å². The monoisotopic (exact) mass is 392 g/mol. The molecule has 0 saturated carbocycles. The van der Waals surface area contributed by atoms with Crippen LogP contribution in [-0.2, 0) is 6.42 Å². The molecule has 1 atom stereocenters. The number of amides is 1. The van der Waals surface area contributed by atoms with Crippen LogP contribution in [0.4, 0.5) is 5.69 Å². The lowest BCUT2D eigenvalue weighted by Crippen LogP contribution is -2.48. The second-order valence-corrected chi connectivity index (χ2v) is 8.49. The predicted octanol–water partition coefficient (Wildman–Crippen LogP) is 2.71. The molecule has 0 bridgehead atoms. The van der Waals surface area contributed by atoms with Gasteiger partial charge < -0.3 is 15.1 Å². The van der Waals surface area contributed by atoms with Gasteiger partial charge in [-0.25, -0.2) is 0 Å². The fourth-order valence-corrected chi connectivity index (χ4v) is 4.38. The third-order valence-electron chi connectivity index (χ3n) is 6.36. The Kier molecular flexibility index (Phi) is 5.88. The Balaban J connectivity index is 1.52. The van der Waals surface area contributed by atoms with E-state index in [-0.39, 0.29) is 11.9 Å². The molecule has 5 heteroatoms. The molecule has 2 aromatic rings. The number of likely N-dealkylation sites (N-methyl/N-ethyl adjacent to an activating group) is 2. The van der Waals surface area contributed by atoms with Crippen molar-refractivity contribution >= 4 is 11.6 Å². The van der Waals surface area contributed by atoms with E-state index in [2.05, 4.69) is 52.3 Å². The first-order chi connectivity index (χ1) is 14.0. The van der Waals surface area contributed by atoms with E-state index in [1.807, 2.05) is 31.2 Å².